The van der Waals surface area contributed by atoms with E-state index in [1.165, 1.54) is 18.6 Å². The summed E-state index contributed by atoms with van der Waals surface area (Å²) in [7, 11) is -3.27. The van der Waals surface area contributed by atoms with Gasteiger partial charge >= 0.3 is 0 Å². The third kappa shape index (κ3) is 2.45. The second-order valence-corrected chi connectivity index (χ2v) is 5.38. The topological polar surface area (TPSA) is 72.0 Å². The Bertz CT molecular complexity index is 403. The third-order valence-corrected chi connectivity index (χ3v) is 4.36. The number of nitrogens with zero attached hydrogens (tertiary/aromatic N) is 2. The van der Waals surface area contributed by atoms with Crippen LogP contribution in [0.5, 0.6) is 0 Å². The Morgan fingerprint density at radius 2 is 2.20 bits per heavy atom. The van der Waals surface area contributed by atoms with E-state index in [1.54, 1.807) is 0 Å². The van der Waals surface area contributed by atoms with Crippen molar-refractivity contribution in [2.24, 2.45) is 0 Å². The Morgan fingerprint density at radius 1 is 1.40 bits per heavy atom. The first-order chi connectivity index (χ1) is 6.71. The highest BCUT2D eigenvalue weighted by Gasteiger charge is 2.31. The van der Waals surface area contributed by atoms with Crippen molar-refractivity contribution in [3.8, 4) is 0 Å². The van der Waals surface area contributed by atoms with Crippen molar-refractivity contribution in [1.82, 2.24) is 15.3 Å². The highest BCUT2D eigenvalue weighted by Crippen LogP contribution is 2.17. The highest BCUT2D eigenvalue weighted by molar-refractivity contribution is 7.92. The molecule has 7 heteroatoms. The Morgan fingerprint density at radius 3 is 2.73 bits per heavy atom. The second kappa shape index (κ2) is 4.87. The standard InChI is InChI=1S/C8H11N3O2S.ClH/c12-14(13,7-1-2-9-5-7)8-6-10-3-4-11-8;/h3-4,6-7,9H,1-2,5H2;1H/t7-;/m1./s1. The van der Waals surface area contributed by atoms with E-state index in [2.05, 4.69) is 15.3 Å². The van der Waals surface area contributed by atoms with Gasteiger partial charge in [0.1, 0.15) is 0 Å². The highest BCUT2D eigenvalue weighted by atomic mass is 35.5. The fraction of sp³-hybridized carbons (Fsp3) is 0.500. The molecule has 5 nitrogen and oxygen atoms in total. The average molecular weight is 250 g/mol. The minimum atomic E-state index is -3.27. The first-order valence-corrected chi connectivity index (χ1v) is 5.96. The maximum absolute atomic E-state index is 11.9. The maximum atomic E-state index is 11.9. The zero-order chi connectivity index (χ0) is 10.0. The van der Waals surface area contributed by atoms with E-state index in [-0.39, 0.29) is 22.7 Å². The molecule has 0 bridgehead atoms. The van der Waals surface area contributed by atoms with Gasteiger partial charge in [-0.25, -0.2) is 13.4 Å². The van der Waals surface area contributed by atoms with E-state index >= 15 is 0 Å². The van der Waals surface area contributed by atoms with E-state index in [0.717, 1.165) is 6.54 Å². The van der Waals surface area contributed by atoms with E-state index < -0.39 is 9.84 Å². The number of hydrogen-bond acceptors (Lipinski definition) is 5. The molecule has 1 aliphatic heterocycles. The van der Waals surface area contributed by atoms with Crippen LogP contribution in [-0.2, 0) is 9.84 Å². The summed E-state index contributed by atoms with van der Waals surface area (Å²) in [6.07, 6.45) is 4.81. The average Bonchev–Trinajstić information content (AvgIpc) is 2.72. The van der Waals surface area contributed by atoms with Crippen molar-refractivity contribution in [2.45, 2.75) is 16.7 Å². The number of nitrogens with one attached hydrogen (secondary N) is 1. The molecule has 0 amide bonds. The van der Waals surface area contributed by atoms with Crippen molar-refractivity contribution in [3.05, 3.63) is 18.6 Å². The molecule has 15 heavy (non-hydrogen) atoms. The van der Waals surface area contributed by atoms with Gasteiger partial charge in [0.05, 0.1) is 11.4 Å². The fourth-order valence-electron chi connectivity index (χ4n) is 1.50. The Hall–Kier alpha value is -0.720. The van der Waals surface area contributed by atoms with Gasteiger partial charge in [-0.2, -0.15) is 0 Å². The van der Waals surface area contributed by atoms with Gasteiger partial charge in [-0.1, -0.05) is 0 Å². The lowest BCUT2D eigenvalue weighted by Gasteiger charge is -2.08. The third-order valence-electron chi connectivity index (χ3n) is 2.28. The molecule has 1 saturated heterocycles. The quantitative estimate of drug-likeness (QED) is 0.801. The molecule has 1 aromatic rings. The number of sulfone groups is 1. The molecule has 2 rings (SSSR count). The largest absolute Gasteiger partial charge is 0.315 e. The van der Waals surface area contributed by atoms with Crippen LogP contribution in [-0.4, -0.2) is 36.7 Å². The number of halogens is 1. The van der Waals surface area contributed by atoms with Crippen molar-refractivity contribution in [3.63, 3.8) is 0 Å². The molecule has 0 unspecified atom stereocenters. The molecule has 2 heterocycles. The van der Waals surface area contributed by atoms with Crippen molar-refractivity contribution in [1.29, 1.82) is 0 Å². The first-order valence-electron chi connectivity index (χ1n) is 4.42. The van der Waals surface area contributed by atoms with Crippen LogP contribution in [0.4, 0.5) is 0 Å². The SMILES string of the molecule is Cl.O=S(=O)(c1cnccn1)[C@@H]1CCNC1. The lowest BCUT2D eigenvalue weighted by atomic mass is 10.4. The first kappa shape index (κ1) is 12.4. The molecule has 84 valence electrons. The van der Waals surface area contributed by atoms with Crippen LogP contribution in [0.1, 0.15) is 6.42 Å². The predicted molar refractivity (Wildman–Crippen MR) is 57.7 cm³/mol. The normalized spacial score (nSPS) is 20.9. The van der Waals surface area contributed by atoms with E-state index in [0.29, 0.717) is 13.0 Å². The molecule has 0 aromatic carbocycles. The predicted octanol–water partition coefficient (Wildman–Crippen LogP) is 0.0340. The molecular weight excluding hydrogens is 238 g/mol. The van der Waals surface area contributed by atoms with E-state index in [4.69, 9.17) is 0 Å². The van der Waals surface area contributed by atoms with Crippen molar-refractivity contribution < 1.29 is 8.42 Å². The van der Waals surface area contributed by atoms with Crippen LogP contribution in [0.3, 0.4) is 0 Å². The summed E-state index contributed by atoms with van der Waals surface area (Å²) in [5.74, 6) is 0. The lowest BCUT2D eigenvalue weighted by Crippen LogP contribution is -2.24. The summed E-state index contributed by atoms with van der Waals surface area (Å²) in [4.78, 5) is 7.58. The number of hydrogen-bond donors (Lipinski definition) is 1. The van der Waals surface area contributed by atoms with Gasteiger partial charge in [-0.15, -0.1) is 12.4 Å². The van der Waals surface area contributed by atoms with Crippen LogP contribution in [0.25, 0.3) is 0 Å². The van der Waals surface area contributed by atoms with Crippen molar-refractivity contribution in [2.75, 3.05) is 13.1 Å². The molecule has 1 fully saturated rings. The Labute approximate surface area is 94.7 Å². The summed E-state index contributed by atoms with van der Waals surface area (Å²) in [6, 6.07) is 0. The van der Waals surface area contributed by atoms with Crippen molar-refractivity contribution >= 4 is 22.2 Å². The van der Waals surface area contributed by atoms with Gasteiger partial charge in [0, 0.05) is 18.9 Å². The van der Waals surface area contributed by atoms with Crippen LogP contribution >= 0.6 is 12.4 Å². The zero-order valence-electron chi connectivity index (χ0n) is 7.96. The Balaban J connectivity index is 0.00000112. The van der Waals surface area contributed by atoms with Gasteiger partial charge in [-0.3, -0.25) is 4.98 Å². The van der Waals surface area contributed by atoms with Crippen LogP contribution in [0.15, 0.2) is 23.6 Å². The van der Waals surface area contributed by atoms with Gasteiger partial charge in [0.15, 0.2) is 5.03 Å². The lowest BCUT2D eigenvalue weighted by molar-refractivity contribution is 0.578. The van der Waals surface area contributed by atoms with Crippen LogP contribution < -0.4 is 5.32 Å². The molecule has 0 spiro atoms. The van der Waals surface area contributed by atoms with Gasteiger partial charge < -0.3 is 5.32 Å². The van der Waals surface area contributed by atoms with Gasteiger partial charge in [0.25, 0.3) is 0 Å². The molecule has 1 aromatic heterocycles. The molecule has 0 aliphatic carbocycles. The minimum absolute atomic E-state index is 0. The smallest absolute Gasteiger partial charge is 0.201 e. The Kier molecular flexibility index (Phi) is 4.01. The molecule has 1 N–H and O–H groups in total. The fourth-order valence-corrected chi connectivity index (χ4v) is 3.02. The molecule has 1 atom stereocenters. The summed E-state index contributed by atoms with van der Waals surface area (Å²) in [5, 5.41) is 2.75. The number of rotatable bonds is 2. The maximum Gasteiger partial charge on any atom is 0.201 e. The van der Waals surface area contributed by atoms with Crippen LogP contribution in [0.2, 0.25) is 0 Å². The summed E-state index contributed by atoms with van der Waals surface area (Å²) >= 11 is 0. The molecule has 0 radical (unpaired) electrons. The van der Waals surface area contributed by atoms with Gasteiger partial charge in [-0.05, 0) is 13.0 Å². The molecular formula is C8H12ClN3O2S. The molecule has 0 saturated carbocycles. The minimum Gasteiger partial charge on any atom is -0.315 e. The monoisotopic (exact) mass is 249 g/mol. The van der Waals surface area contributed by atoms with E-state index in [9.17, 15) is 8.42 Å². The zero-order valence-corrected chi connectivity index (χ0v) is 9.59. The molecule has 1 aliphatic rings. The van der Waals surface area contributed by atoms with Gasteiger partial charge in [0.2, 0.25) is 9.84 Å². The van der Waals surface area contributed by atoms with Crippen LogP contribution in [0, 0.1) is 0 Å². The summed E-state index contributed by atoms with van der Waals surface area (Å²) < 4.78 is 23.8. The summed E-state index contributed by atoms with van der Waals surface area (Å²) in [6.45, 7) is 1.27. The number of aromatic nitrogens is 2. The second-order valence-electron chi connectivity index (χ2n) is 3.20. The summed E-state index contributed by atoms with van der Waals surface area (Å²) in [5.41, 5.74) is 0. The van der Waals surface area contributed by atoms with E-state index in [1.807, 2.05) is 0 Å².